The maximum atomic E-state index is 10.8. The predicted octanol–water partition coefficient (Wildman–Crippen LogP) is 2.84. The Morgan fingerprint density at radius 3 is 2.88 bits per heavy atom. The molecule has 3 aromatic rings. The lowest BCUT2D eigenvalue weighted by molar-refractivity contribution is 0.112. The summed E-state index contributed by atoms with van der Waals surface area (Å²) in [5.74, 6) is 0. The molecule has 2 aromatic heterocycles. The monoisotopic (exact) mass is 210 g/mol. The number of H-pyrrole nitrogens is 1. The smallest absolute Gasteiger partial charge is 0.152 e. The summed E-state index contributed by atoms with van der Waals surface area (Å²) in [5, 5.41) is 2.01. The van der Waals surface area contributed by atoms with Crippen LogP contribution in [0.4, 0.5) is 0 Å². The van der Waals surface area contributed by atoms with Gasteiger partial charge in [0, 0.05) is 28.2 Å². The van der Waals surface area contributed by atoms with E-state index in [0.717, 1.165) is 33.8 Å². The number of fused-ring (bicyclic) bond motifs is 3. The SMILES string of the molecule is Cc1ccc2ccc3c(C=O)cnc3c2[nH]1. The van der Waals surface area contributed by atoms with Crippen molar-refractivity contribution in [3.8, 4) is 0 Å². The highest BCUT2D eigenvalue weighted by molar-refractivity contribution is 6.08. The van der Waals surface area contributed by atoms with Crippen LogP contribution in [0.3, 0.4) is 0 Å². The van der Waals surface area contributed by atoms with Gasteiger partial charge < -0.3 is 4.98 Å². The average molecular weight is 210 g/mol. The number of rotatable bonds is 1. The number of benzene rings is 1. The second kappa shape index (κ2) is 3.17. The molecule has 0 unspecified atom stereocenters. The first-order valence-electron chi connectivity index (χ1n) is 5.12. The number of aromatic amines is 1. The van der Waals surface area contributed by atoms with E-state index in [1.807, 2.05) is 25.1 Å². The van der Waals surface area contributed by atoms with Gasteiger partial charge >= 0.3 is 0 Å². The van der Waals surface area contributed by atoms with Crippen LogP contribution >= 0.6 is 0 Å². The number of aromatic nitrogens is 2. The molecule has 0 saturated carbocycles. The molecule has 0 spiro atoms. The zero-order valence-corrected chi connectivity index (χ0v) is 8.82. The molecule has 0 saturated heterocycles. The molecule has 3 rings (SSSR count). The fourth-order valence-electron chi connectivity index (χ4n) is 2.00. The van der Waals surface area contributed by atoms with Crippen molar-refractivity contribution in [2.75, 3.05) is 0 Å². The molecule has 16 heavy (non-hydrogen) atoms. The van der Waals surface area contributed by atoms with Crippen molar-refractivity contribution < 1.29 is 4.79 Å². The quantitative estimate of drug-likeness (QED) is 0.628. The number of aldehydes is 1. The second-order valence-electron chi connectivity index (χ2n) is 3.90. The van der Waals surface area contributed by atoms with E-state index in [1.165, 1.54) is 0 Å². The van der Waals surface area contributed by atoms with E-state index in [-0.39, 0.29) is 0 Å². The first-order valence-corrected chi connectivity index (χ1v) is 5.12. The Bertz CT molecular complexity index is 698. The minimum atomic E-state index is 0.645. The number of nitrogens with one attached hydrogen (secondary N) is 1. The normalized spacial score (nSPS) is 11.1. The summed E-state index contributed by atoms with van der Waals surface area (Å²) in [4.78, 5) is 18.4. The van der Waals surface area contributed by atoms with Crippen LogP contribution in [-0.2, 0) is 0 Å². The van der Waals surface area contributed by atoms with Crippen molar-refractivity contribution in [1.82, 2.24) is 9.97 Å². The first-order chi connectivity index (χ1) is 7.79. The number of hydrogen-bond acceptors (Lipinski definition) is 2. The van der Waals surface area contributed by atoms with Crippen LogP contribution in [0.25, 0.3) is 21.8 Å². The third-order valence-electron chi connectivity index (χ3n) is 2.82. The highest BCUT2D eigenvalue weighted by Crippen LogP contribution is 2.25. The summed E-state index contributed by atoms with van der Waals surface area (Å²) in [6.45, 7) is 2.00. The third-order valence-corrected chi connectivity index (χ3v) is 2.82. The van der Waals surface area contributed by atoms with Gasteiger partial charge in [-0.25, -0.2) is 0 Å². The minimum absolute atomic E-state index is 0.645. The highest BCUT2D eigenvalue weighted by atomic mass is 16.1. The van der Waals surface area contributed by atoms with E-state index in [1.54, 1.807) is 6.20 Å². The van der Waals surface area contributed by atoms with Crippen molar-refractivity contribution in [3.05, 3.63) is 41.7 Å². The molecule has 0 atom stereocenters. The van der Waals surface area contributed by atoms with Gasteiger partial charge in [0.2, 0.25) is 0 Å². The molecule has 0 amide bonds. The molecule has 1 N–H and O–H groups in total. The minimum Gasteiger partial charge on any atom is -0.357 e. The summed E-state index contributed by atoms with van der Waals surface area (Å²) in [6.07, 6.45) is 2.46. The third kappa shape index (κ3) is 1.15. The molecule has 0 fully saturated rings. The molecule has 0 aliphatic heterocycles. The van der Waals surface area contributed by atoms with Gasteiger partial charge in [-0.2, -0.15) is 0 Å². The predicted molar refractivity (Wildman–Crippen MR) is 63.7 cm³/mol. The molecule has 0 aliphatic carbocycles. The molecule has 2 heterocycles. The maximum Gasteiger partial charge on any atom is 0.152 e. The number of pyridine rings is 1. The molecule has 3 nitrogen and oxygen atoms in total. The lowest BCUT2D eigenvalue weighted by Gasteiger charge is -2.01. The van der Waals surface area contributed by atoms with Crippen molar-refractivity contribution in [1.29, 1.82) is 0 Å². The standard InChI is InChI=1S/C13H10N2O/c1-8-2-3-9-4-5-11-10(7-16)6-14-13(11)12(9)15-8/h2-7,15H,1H3. The van der Waals surface area contributed by atoms with Crippen LogP contribution in [0.15, 0.2) is 30.5 Å². The zero-order chi connectivity index (χ0) is 11.1. The largest absolute Gasteiger partial charge is 0.357 e. The average Bonchev–Trinajstić information content (AvgIpc) is 2.72. The Morgan fingerprint density at radius 1 is 1.25 bits per heavy atom. The van der Waals surface area contributed by atoms with Gasteiger partial charge in [-0.1, -0.05) is 18.2 Å². The van der Waals surface area contributed by atoms with E-state index in [4.69, 9.17) is 0 Å². The summed E-state index contributed by atoms with van der Waals surface area (Å²) < 4.78 is 0. The molecule has 0 radical (unpaired) electrons. The lowest BCUT2D eigenvalue weighted by atomic mass is 10.1. The molecular weight excluding hydrogens is 200 g/mol. The molecular formula is C13H10N2O. The summed E-state index contributed by atoms with van der Waals surface area (Å²) in [5.41, 5.74) is 3.58. The van der Waals surface area contributed by atoms with Crippen molar-refractivity contribution in [2.45, 2.75) is 6.92 Å². The number of carbonyl (C=O) groups is 1. The van der Waals surface area contributed by atoms with E-state index in [0.29, 0.717) is 5.56 Å². The Kier molecular flexibility index (Phi) is 1.80. The van der Waals surface area contributed by atoms with Crippen molar-refractivity contribution >= 4 is 28.1 Å². The lowest BCUT2D eigenvalue weighted by Crippen LogP contribution is -1.84. The van der Waals surface area contributed by atoms with Gasteiger partial charge in [-0.15, -0.1) is 0 Å². The number of hydrogen-bond donors (Lipinski definition) is 1. The molecule has 0 bridgehead atoms. The van der Waals surface area contributed by atoms with Gasteiger partial charge in [-0.05, 0) is 13.0 Å². The van der Waals surface area contributed by atoms with E-state index in [9.17, 15) is 4.79 Å². The molecule has 1 aromatic carbocycles. The molecule has 78 valence electrons. The van der Waals surface area contributed by atoms with Crippen LogP contribution < -0.4 is 0 Å². The van der Waals surface area contributed by atoms with E-state index >= 15 is 0 Å². The molecule has 0 aliphatic rings. The Labute approximate surface area is 92.1 Å². The zero-order valence-electron chi connectivity index (χ0n) is 8.82. The van der Waals surface area contributed by atoms with Crippen LogP contribution in [0.5, 0.6) is 0 Å². The van der Waals surface area contributed by atoms with Gasteiger partial charge in [0.05, 0.1) is 11.0 Å². The van der Waals surface area contributed by atoms with Crippen LogP contribution in [-0.4, -0.2) is 16.3 Å². The number of aryl methyl sites for hydroxylation is 1. The summed E-state index contributed by atoms with van der Waals surface area (Å²) in [7, 11) is 0. The highest BCUT2D eigenvalue weighted by Gasteiger charge is 2.07. The maximum absolute atomic E-state index is 10.8. The fraction of sp³-hybridized carbons (Fsp3) is 0.0769. The number of carbonyl (C=O) groups excluding carboxylic acids is 1. The summed E-state index contributed by atoms with van der Waals surface area (Å²) in [6, 6.07) is 8.02. The van der Waals surface area contributed by atoms with Crippen LogP contribution in [0.2, 0.25) is 0 Å². The first kappa shape index (κ1) is 9.09. The number of nitrogens with zero attached hydrogens (tertiary/aromatic N) is 1. The van der Waals surface area contributed by atoms with Crippen molar-refractivity contribution in [3.63, 3.8) is 0 Å². The fourth-order valence-corrected chi connectivity index (χ4v) is 2.00. The Morgan fingerprint density at radius 2 is 2.06 bits per heavy atom. The van der Waals surface area contributed by atoms with Crippen LogP contribution in [0.1, 0.15) is 16.1 Å². The van der Waals surface area contributed by atoms with Crippen LogP contribution in [0, 0.1) is 6.92 Å². The van der Waals surface area contributed by atoms with Crippen molar-refractivity contribution in [2.24, 2.45) is 0 Å². The molecule has 3 heteroatoms. The topological polar surface area (TPSA) is 45.8 Å². The van der Waals surface area contributed by atoms with Gasteiger partial charge in [0.15, 0.2) is 6.29 Å². The Hall–Kier alpha value is -2.16. The summed E-state index contributed by atoms with van der Waals surface area (Å²) >= 11 is 0. The Balaban J connectivity index is 2.53. The van der Waals surface area contributed by atoms with E-state index < -0.39 is 0 Å². The van der Waals surface area contributed by atoms with Gasteiger partial charge in [0.25, 0.3) is 0 Å². The van der Waals surface area contributed by atoms with Gasteiger partial charge in [0.1, 0.15) is 0 Å². The second-order valence-corrected chi connectivity index (χ2v) is 3.90. The van der Waals surface area contributed by atoms with Gasteiger partial charge in [-0.3, -0.25) is 9.78 Å². The van der Waals surface area contributed by atoms with E-state index in [2.05, 4.69) is 16.0 Å².